The van der Waals surface area contributed by atoms with Gasteiger partial charge < -0.3 is 20.1 Å². The van der Waals surface area contributed by atoms with Crippen LogP contribution in [0.4, 0.5) is 5.69 Å². The fourth-order valence-corrected chi connectivity index (χ4v) is 2.32. The molecule has 2 aromatic rings. The number of nitrogens with zero attached hydrogens (tertiary/aromatic N) is 1. The number of carbonyl (C=O) groups is 2. The molecule has 7 heteroatoms. The second-order valence-corrected chi connectivity index (χ2v) is 5.86. The predicted molar refractivity (Wildman–Crippen MR) is 106 cm³/mol. The molecule has 28 heavy (non-hydrogen) atoms. The van der Waals surface area contributed by atoms with Crippen LogP contribution in [0.15, 0.2) is 48.0 Å². The van der Waals surface area contributed by atoms with Gasteiger partial charge in [-0.3, -0.25) is 9.59 Å². The number of methoxy groups -OCH3 is 1. The first-order chi connectivity index (χ1) is 13.5. The zero-order valence-electron chi connectivity index (χ0n) is 15.9. The molecule has 2 aromatic carbocycles. The van der Waals surface area contributed by atoms with E-state index in [0.717, 1.165) is 5.56 Å². The van der Waals surface area contributed by atoms with E-state index in [9.17, 15) is 9.59 Å². The molecule has 2 amide bonds. The molecule has 0 spiro atoms. The van der Waals surface area contributed by atoms with Gasteiger partial charge in [-0.05, 0) is 42.8 Å². The quantitative estimate of drug-likeness (QED) is 0.569. The average molecular weight is 379 g/mol. The Hall–Kier alpha value is -3.79. The van der Waals surface area contributed by atoms with E-state index in [4.69, 9.17) is 14.7 Å². The Morgan fingerprint density at radius 2 is 1.86 bits per heavy atom. The molecule has 0 radical (unpaired) electrons. The van der Waals surface area contributed by atoms with Gasteiger partial charge in [0.2, 0.25) is 0 Å². The highest BCUT2D eigenvalue weighted by molar-refractivity contribution is 6.01. The predicted octanol–water partition coefficient (Wildman–Crippen LogP) is 2.67. The van der Waals surface area contributed by atoms with Crippen molar-refractivity contribution in [2.24, 2.45) is 0 Å². The van der Waals surface area contributed by atoms with Gasteiger partial charge in [0.1, 0.15) is 11.6 Å². The highest BCUT2D eigenvalue weighted by Crippen LogP contribution is 2.29. The minimum Gasteiger partial charge on any atom is -0.493 e. The Balaban J connectivity index is 2.06. The summed E-state index contributed by atoms with van der Waals surface area (Å²) in [4.78, 5) is 23.7. The van der Waals surface area contributed by atoms with Crippen LogP contribution in [0.2, 0.25) is 0 Å². The standard InChI is InChI=1S/C21H21N3O4/c1-14-4-7-17(8-5-14)24-20(25)13-28-18-9-6-15(11-19(18)27-3)10-16(12-22)21(26)23-2/h4-11H,13H2,1-3H3,(H,23,26)(H,24,25)/b16-10-. The van der Waals surface area contributed by atoms with Gasteiger partial charge in [-0.1, -0.05) is 23.8 Å². The largest absolute Gasteiger partial charge is 0.493 e. The number of rotatable bonds is 7. The first-order valence-electron chi connectivity index (χ1n) is 8.48. The molecule has 0 atom stereocenters. The average Bonchev–Trinajstić information content (AvgIpc) is 2.71. The number of benzene rings is 2. The molecule has 2 N–H and O–H groups in total. The summed E-state index contributed by atoms with van der Waals surface area (Å²) in [7, 11) is 2.92. The van der Waals surface area contributed by atoms with Crippen molar-refractivity contribution in [3.63, 3.8) is 0 Å². The Morgan fingerprint density at radius 3 is 2.46 bits per heavy atom. The summed E-state index contributed by atoms with van der Waals surface area (Å²) in [5, 5.41) is 14.2. The minimum atomic E-state index is -0.477. The van der Waals surface area contributed by atoms with Crippen LogP contribution in [0.3, 0.4) is 0 Å². The summed E-state index contributed by atoms with van der Waals surface area (Å²) in [6, 6.07) is 14.2. The monoisotopic (exact) mass is 379 g/mol. The third-order valence-corrected chi connectivity index (χ3v) is 3.78. The van der Waals surface area contributed by atoms with Crippen LogP contribution < -0.4 is 20.1 Å². The first-order valence-corrected chi connectivity index (χ1v) is 8.48. The lowest BCUT2D eigenvalue weighted by atomic mass is 10.1. The highest BCUT2D eigenvalue weighted by atomic mass is 16.5. The first kappa shape index (κ1) is 20.5. The molecular formula is C21H21N3O4. The van der Waals surface area contributed by atoms with Gasteiger partial charge in [-0.25, -0.2) is 0 Å². The van der Waals surface area contributed by atoms with E-state index in [0.29, 0.717) is 22.7 Å². The van der Waals surface area contributed by atoms with Crippen molar-refractivity contribution in [2.45, 2.75) is 6.92 Å². The molecule has 2 rings (SSSR count). The Morgan fingerprint density at radius 1 is 1.14 bits per heavy atom. The van der Waals surface area contributed by atoms with Crippen molar-refractivity contribution in [2.75, 3.05) is 26.1 Å². The number of amides is 2. The van der Waals surface area contributed by atoms with Gasteiger partial charge in [0.25, 0.3) is 11.8 Å². The van der Waals surface area contributed by atoms with E-state index in [1.807, 2.05) is 37.3 Å². The second-order valence-electron chi connectivity index (χ2n) is 5.86. The maximum atomic E-state index is 12.1. The summed E-state index contributed by atoms with van der Waals surface area (Å²) < 4.78 is 10.8. The van der Waals surface area contributed by atoms with Crippen LogP contribution in [-0.4, -0.2) is 32.6 Å². The minimum absolute atomic E-state index is 0.0318. The topological polar surface area (TPSA) is 100 Å². The molecular weight excluding hydrogens is 358 g/mol. The van der Waals surface area contributed by atoms with Crippen molar-refractivity contribution in [3.8, 4) is 17.6 Å². The summed E-state index contributed by atoms with van der Waals surface area (Å²) in [5.41, 5.74) is 2.35. The number of carbonyl (C=O) groups excluding carboxylic acids is 2. The molecule has 0 saturated heterocycles. The van der Waals surface area contributed by atoms with E-state index in [1.165, 1.54) is 20.2 Å². The molecule has 0 fully saturated rings. The Bertz CT molecular complexity index is 928. The molecule has 0 aliphatic carbocycles. The second kappa shape index (κ2) is 9.78. The zero-order chi connectivity index (χ0) is 20.5. The molecule has 0 aromatic heterocycles. The maximum Gasteiger partial charge on any atom is 0.262 e. The number of ether oxygens (including phenoxy) is 2. The van der Waals surface area contributed by atoms with Crippen molar-refractivity contribution in [3.05, 3.63) is 59.2 Å². The summed E-state index contributed by atoms with van der Waals surface area (Å²) >= 11 is 0. The van der Waals surface area contributed by atoms with Gasteiger partial charge in [-0.2, -0.15) is 5.26 Å². The summed E-state index contributed by atoms with van der Waals surface area (Å²) in [6.45, 7) is 1.77. The van der Waals surface area contributed by atoms with Crippen LogP contribution in [0.1, 0.15) is 11.1 Å². The molecule has 0 saturated carbocycles. The van der Waals surface area contributed by atoms with Crippen molar-refractivity contribution < 1.29 is 19.1 Å². The number of nitrogens with one attached hydrogen (secondary N) is 2. The third kappa shape index (κ3) is 5.61. The number of hydrogen-bond donors (Lipinski definition) is 2. The van der Waals surface area contributed by atoms with E-state index >= 15 is 0 Å². The van der Waals surface area contributed by atoms with E-state index in [1.54, 1.807) is 18.2 Å². The molecule has 144 valence electrons. The SMILES string of the molecule is CNC(=O)/C(C#N)=C\c1ccc(OCC(=O)Nc2ccc(C)cc2)c(OC)c1. The Labute approximate surface area is 163 Å². The van der Waals surface area contributed by atoms with Gasteiger partial charge in [0.15, 0.2) is 18.1 Å². The molecule has 0 bridgehead atoms. The van der Waals surface area contributed by atoms with Crippen LogP contribution >= 0.6 is 0 Å². The van der Waals surface area contributed by atoms with Gasteiger partial charge in [-0.15, -0.1) is 0 Å². The van der Waals surface area contributed by atoms with Crippen LogP contribution in [0.5, 0.6) is 11.5 Å². The fraction of sp³-hybridized carbons (Fsp3) is 0.190. The van der Waals surface area contributed by atoms with Gasteiger partial charge in [0, 0.05) is 12.7 Å². The molecule has 0 aliphatic rings. The lowest BCUT2D eigenvalue weighted by Crippen LogP contribution is -2.20. The number of likely N-dealkylation sites (N-methyl/N-ethyl adjacent to an activating group) is 1. The van der Waals surface area contributed by atoms with Crippen molar-refractivity contribution in [1.82, 2.24) is 5.32 Å². The number of nitriles is 1. The van der Waals surface area contributed by atoms with E-state index in [-0.39, 0.29) is 18.1 Å². The van der Waals surface area contributed by atoms with Crippen molar-refractivity contribution in [1.29, 1.82) is 5.26 Å². The number of hydrogen-bond acceptors (Lipinski definition) is 5. The highest BCUT2D eigenvalue weighted by Gasteiger charge is 2.11. The normalized spacial score (nSPS) is 10.6. The molecule has 0 heterocycles. The third-order valence-electron chi connectivity index (χ3n) is 3.78. The smallest absolute Gasteiger partial charge is 0.262 e. The van der Waals surface area contributed by atoms with Crippen LogP contribution in [-0.2, 0) is 9.59 Å². The van der Waals surface area contributed by atoms with Crippen LogP contribution in [0, 0.1) is 18.3 Å². The van der Waals surface area contributed by atoms with Crippen LogP contribution in [0.25, 0.3) is 6.08 Å². The van der Waals surface area contributed by atoms with Gasteiger partial charge in [0.05, 0.1) is 7.11 Å². The van der Waals surface area contributed by atoms with Crippen molar-refractivity contribution >= 4 is 23.6 Å². The Kier molecular flexibility index (Phi) is 7.17. The summed E-state index contributed by atoms with van der Waals surface area (Å²) in [6.07, 6.45) is 1.44. The molecule has 0 unspecified atom stereocenters. The number of aryl methyl sites for hydroxylation is 1. The lowest BCUT2D eigenvalue weighted by molar-refractivity contribution is -0.118. The lowest BCUT2D eigenvalue weighted by Gasteiger charge is -2.12. The zero-order valence-corrected chi connectivity index (χ0v) is 15.9. The van der Waals surface area contributed by atoms with E-state index < -0.39 is 5.91 Å². The fourth-order valence-electron chi connectivity index (χ4n) is 2.32. The maximum absolute atomic E-state index is 12.1. The summed E-state index contributed by atoms with van der Waals surface area (Å²) in [5.74, 6) is -0.0286. The number of anilines is 1. The molecule has 0 aliphatic heterocycles. The van der Waals surface area contributed by atoms with E-state index in [2.05, 4.69) is 10.6 Å². The molecule has 7 nitrogen and oxygen atoms in total. The van der Waals surface area contributed by atoms with Gasteiger partial charge >= 0.3 is 0 Å².